The number of alkyl halides is 6. The zero-order valence-corrected chi connectivity index (χ0v) is 12.7. The van der Waals surface area contributed by atoms with Crippen LogP contribution >= 0.6 is 43.5 Å². The molecule has 0 N–H and O–H groups in total. The van der Waals surface area contributed by atoms with Gasteiger partial charge in [0.2, 0.25) is 0 Å². The van der Waals surface area contributed by atoms with Crippen molar-refractivity contribution in [2.75, 3.05) is 0 Å². The molecule has 1 aromatic carbocycles. The molecule has 0 bridgehead atoms. The van der Waals surface area contributed by atoms with Crippen LogP contribution in [-0.2, 0) is 0 Å². The summed E-state index contributed by atoms with van der Waals surface area (Å²) in [4.78, 5) is 0. The predicted octanol–water partition coefficient (Wildman–Crippen LogP) is 6.00. The van der Waals surface area contributed by atoms with Crippen molar-refractivity contribution in [1.29, 1.82) is 0 Å². The molecule has 0 nitrogen and oxygen atoms in total. The fourth-order valence-electron chi connectivity index (χ4n) is 1.19. The number of aryl methyl sites for hydroxylation is 1. The number of rotatable bonds is 2. The summed E-state index contributed by atoms with van der Waals surface area (Å²) in [5.41, 5.74) is 0.362. The van der Waals surface area contributed by atoms with Crippen LogP contribution < -0.4 is 0 Å². The Morgan fingerprint density at radius 2 is 1.56 bits per heavy atom. The lowest BCUT2D eigenvalue weighted by atomic mass is 10.0. The molecular weight excluding hydrogens is 410 g/mol. The van der Waals surface area contributed by atoms with Gasteiger partial charge in [-0.2, -0.15) is 22.0 Å². The van der Waals surface area contributed by atoms with Crippen LogP contribution in [0.15, 0.2) is 21.1 Å². The molecule has 18 heavy (non-hydrogen) atoms. The summed E-state index contributed by atoms with van der Waals surface area (Å²) in [5.74, 6) is -5.01. The number of benzene rings is 1. The van der Waals surface area contributed by atoms with Crippen LogP contribution in [0.2, 0.25) is 0 Å². The number of hydrogen-bond acceptors (Lipinski definition) is 0. The molecule has 1 rings (SSSR count). The molecule has 0 fully saturated rings. The van der Waals surface area contributed by atoms with Gasteiger partial charge in [-0.05, 0) is 30.2 Å². The zero-order valence-electron chi connectivity index (χ0n) is 8.76. The summed E-state index contributed by atoms with van der Waals surface area (Å²) in [6, 6.07) is 2.57. The van der Waals surface area contributed by atoms with E-state index in [2.05, 4.69) is 31.9 Å². The van der Waals surface area contributed by atoms with Gasteiger partial charge >= 0.3 is 12.1 Å². The minimum absolute atomic E-state index is 0.104. The van der Waals surface area contributed by atoms with Gasteiger partial charge in [0.1, 0.15) is 5.38 Å². The maximum absolute atomic E-state index is 13.1. The van der Waals surface area contributed by atoms with E-state index in [1.165, 1.54) is 6.07 Å². The van der Waals surface area contributed by atoms with E-state index in [4.69, 9.17) is 11.6 Å². The Balaban J connectivity index is 3.27. The number of halogens is 8. The third kappa shape index (κ3) is 2.99. The van der Waals surface area contributed by atoms with E-state index in [1.807, 2.05) is 0 Å². The summed E-state index contributed by atoms with van der Waals surface area (Å²) in [7, 11) is 0. The second-order valence-electron chi connectivity index (χ2n) is 3.61. The first kappa shape index (κ1) is 16.2. The van der Waals surface area contributed by atoms with Crippen LogP contribution in [-0.4, -0.2) is 12.1 Å². The fraction of sp³-hybridized carbons (Fsp3) is 0.400. The lowest BCUT2D eigenvalue weighted by molar-refractivity contribution is -0.283. The molecule has 0 aliphatic carbocycles. The van der Waals surface area contributed by atoms with Gasteiger partial charge in [-0.25, -0.2) is 0 Å². The van der Waals surface area contributed by atoms with Gasteiger partial charge in [-0.3, -0.25) is 0 Å². The third-order valence-corrected chi connectivity index (χ3v) is 4.30. The minimum Gasteiger partial charge on any atom is -0.194 e. The van der Waals surface area contributed by atoms with Gasteiger partial charge in [-0.1, -0.05) is 31.9 Å². The molecule has 0 amide bonds. The highest BCUT2D eigenvalue weighted by Gasteiger charge is 2.62. The molecule has 0 aliphatic heterocycles. The van der Waals surface area contributed by atoms with Crippen molar-refractivity contribution < 1.29 is 22.0 Å². The van der Waals surface area contributed by atoms with Gasteiger partial charge in [0.15, 0.2) is 0 Å². The zero-order chi connectivity index (χ0) is 14.3. The lowest BCUT2D eigenvalue weighted by Crippen LogP contribution is -2.40. The monoisotopic (exact) mass is 414 g/mol. The van der Waals surface area contributed by atoms with E-state index in [9.17, 15) is 22.0 Å². The largest absolute Gasteiger partial charge is 0.455 e. The molecule has 1 unspecified atom stereocenters. The first-order valence-corrected chi connectivity index (χ1v) is 6.55. The maximum Gasteiger partial charge on any atom is 0.455 e. The topological polar surface area (TPSA) is 0 Å². The molecule has 0 saturated carbocycles. The molecule has 0 saturated heterocycles. The van der Waals surface area contributed by atoms with E-state index < -0.39 is 17.5 Å². The second-order valence-corrected chi connectivity index (χ2v) is 5.75. The molecule has 0 spiro atoms. The molecule has 102 valence electrons. The van der Waals surface area contributed by atoms with Crippen LogP contribution in [0.4, 0.5) is 22.0 Å². The maximum atomic E-state index is 13.1. The Labute approximate surface area is 122 Å². The standard InChI is InChI=1S/C10H6Br2ClF5/c1-4-2-7(12)5(3-6(4)11)8(13)9(14,15)10(16,17)18/h2-3,8H,1H3. The highest BCUT2D eigenvalue weighted by atomic mass is 79.9. The van der Waals surface area contributed by atoms with Gasteiger partial charge < -0.3 is 0 Å². The molecule has 0 heterocycles. The average Bonchev–Trinajstić information content (AvgIpc) is 2.20. The molecule has 0 radical (unpaired) electrons. The summed E-state index contributed by atoms with van der Waals surface area (Å²) in [5, 5.41) is -2.50. The lowest BCUT2D eigenvalue weighted by Gasteiger charge is -2.25. The van der Waals surface area contributed by atoms with Crippen molar-refractivity contribution in [3.05, 3.63) is 32.2 Å². The van der Waals surface area contributed by atoms with Crippen LogP contribution in [0.25, 0.3) is 0 Å². The normalized spacial score (nSPS) is 14.7. The smallest absolute Gasteiger partial charge is 0.194 e. The third-order valence-electron chi connectivity index (χ3n) is 2.25. The fourth-order valence-corrected chi connectivity index (χ4v) is 2.68. The van der Waals surface area contributed by atoms with E-state index in [0.717, 1.165) is 6.07 Å². The Hall–Kier alpha value is 0.120. The van der Waals surface area contributed by atoms with Crippen LogP contribution in [0.3, 0.4) is 0 Å². The highest BCUT2D eigenvalue weighted by molar-refractivity contribution is 9.11. The molecule has 0 aliphatic rings. The Kier molecular flexibility index (Phi) is 4.71. The highest BCUT2D eigenvalue weighted by Crippen LogP contribution is 2.49. The quantitative estimate of drug-likeness (QED) is 0.410. The molecule has 0 aromatic heterocycles. The Morgan fingerprint density at radius 3 is 2.00 bits per heavy atom. The van der Waals surface area contributed by atoms with Gasteiger partial charge in [-0.15, -0.1) is 11.6 Å². The second kappa shape index (κ2) is 5.25. The molecule has 1 aromatic rings. The first-order chi connectivity index (χ1) is 7.98. The van der Waals surface area contributed by atoms with Gasteiger partial charge in [0.25, 0.3) is 0 Å². The molecular formula is C10H6Br2ClF5. The molecule has 1 atom stereocenters. The Bertz CT molecular complexity index is 458. The van der Waals surface area contributed by atoms with Crippen molar-refractivity contribution in [1.82, 2.24) is 0 Å². The SMILES string of the molecule is Cc1cc(Br)c(C(Cl)C(F)(F)C(F)(F)F)cc1Br. The van der Waals surface area contributed by atoms with E-state index in [0.29, 0.717) is 10.0 Å². The van der Waals surface area contributed by atoms with Gasteiger partial charge in [0.05, 0.1) is 0 Å². The molecule has 8 heteroatoms. The van der Waals surface area contributed by atoms with Crippen LogP contribution in [0.5, 0.6) is 0 Å². The summed E-state index contributed by atoms with van der Waals surface area (Å²) < 4.78 is 63.4. The minimum atomic E-state index is -5.70. The van der Waals surface area contributed by atoms with Gasteiger partial charge in [0, 0.05) is 8.95 Å². The van der Waals surface area contributed by atoms with Crippen molar-refractivity contribution >= 4 is 43.5 Å². The van der Waals surface area contributed by atoms with Crippen molar-refractivity contribution in [3.8, 4) is 0 Å². The van der Waals surface area contributed by atoms with E-state index in [-0.39, 0.29) is 10.0 Å². The Morgan fingerprint density at radius 1 is 1.06 bits per heavy atom. The summed E-state index contributed by atoms with van der Waals surface area (Å²) >= 11 is 11.3. The van der Waals surface area contributed by atoms with E-state index >= 15 is 0 Å². The first-order valence-electron chi connectivity index (χ1n) is 4.52. The van der Waals surface area contributed by atoms with E-state index in [1.54, 1.807) is 6.92 Å². The van der Waals surface area contributed by atoms with Crippen molar-refractivity contribution in [2.45, 2.75) is 24.4 Å². The summed E-state index contributed by atoms with van der Waals surface area (Å²) in [6.45, 7) is 1.67. The average molecular weight is 416 g/mol. The van der Waals surface area contributed by atoms with Crippen molar-refractivity contribution in [2.24, 2.45) is 0 Å². The van der Waals surface area contributed by atoms with Crippen LogP contribution in [0, 0.1) is 6.92 Å². The number of hydrogen-bond donors (Lipinski definition) is 0. The van der Waals surface area contributed by atoms with Crippen molar-refractivity contribution in [3.63, 3.8) is 0 Å². The summed E-state index contributed by atoms with van der Waals surface area (Å²) in [6.07, 6.45) is -5.70. The predicted molar refractivity (Wildman–Crippen MR) is 66.2 cm³/mol. The van der Waals surface area contributed by atoms with Crippen LogP contribution in [0.1, 0.15) is 16.5 Å².